The van der Waals surface area contributed by atoms with Crippen LogP contribution in [0.2, 0.25) is 0 Å². The van der Waals surface area contributed by atoms with E-state index in [9.17, 15) is 21.6 Å². The van der Waals surface area contributed by atoms with E-state index in [0.29, 0.717) is 19.4 Å². The van der Waals surface area contributed by atoms with Gasteiger partial charge in [-0.15, -0.1) is 0 Å². The van der Waals surface area contributed by atoms with Gasteiger partial charge in [0.25, 0.3) is 0 Å². The summed E-state index contributed by atoms with van der Waals surface area (Å²) in [6.45, 7) is 5.24. The fourth-order valence-electron chi connectivity index (χ4n) is 2.31. The lowest BCUT2D eigenvalue weighted by Crippen LogP contribution is -2.46. The summed E-state index contributed by atoms with van der Waals surface area (Å²) in [5, 5.41) is 15.0. The van der Waals surface area contributed by atoms with Crippen LogP contribution in [-0.2, 0) is 10.0 Å². The Morgan fingerprint density at radius 3 is 2.08 bits per heavy atom. The van der Waals surface area contributed by atoms with Gasteiger partial charge in [-0.05, 0) is 64.1 Å². The summed E-state index contributed by atoms with van der Waals surface area (Å²) in [5.74, 6) is 0.163. The minimum Gasteiger partial charge on any atom is -0.365 e. The Labute approximate surface area is 150 Å². The van der Waals surface area contributed by atoms with Crippen LogP contribution < -0.4 is 10.0 Å². The van der Waals surface area contributed by atoms with E-state index in [1.165, 1.54) is 0 Å². The van der Waals surface area contributed by atoms with Gasteiger partial charge in [0, 0.05) is 12.6 Å². The van der Waals surface area contributed by atoms with Crippen LogP contribution >= 0.6 is 11.8 Å². The van der Waals surface area contributed by atoms with Crippen molar-refractivity contribution in [1.29, 1.82) is 10.8 Å². The minimum atomic E-state index is -4.74. The lowest BCUT2D eigenvalue weighted by Gasteiger charge is -2.31. The maximum absolute atomic E-state index is 12.2. The summed E-state index contributed by atoms with van der Waals surface area (Å²) in [7, 11) is -3.40. The number of thioether (sulfide) groups is 1. The average Bonchev–Trinajstić information content (AvgIpc) is 2.44. The van der Waals surface area contributed by atoms with Crippen molar-refractivity contribution in [1.82, 2.24) is 10.0 Å². The third-order valence-corrected chi connectivity index (χ3v) is 7.03. The molecule has 1 fully saturated rings. The molecular weight excluding hydrogens is 377 g/mol. The van der Waals surface area contributed by atoms with Crippen molar-refractivity contribution in [2.45, 2.75) is 63.4 Å². The molecule has 0 atom stereocenters. The maximum atomic E-state index is 12.2. The molecule has 0 aromatic heterocycles. The number of hydrogen-bond acceptors (Lipinski definition) is 5. The monoisotopic (exact) mass is 402 g/mol. The van der Waals surface area contributed by atoms with Gasteiger partial charge in [-0.3, -0.25) is 10.8 Å². The van der Waals surface area contributed by atoms with E-state index >= 15 is 0 Å². The molecule has 25 heavy (non-hydrogen) atoms. The van der Waals surface area contributed by atoms with Gasteiger partial charge in [-0.2, -0.15) is 13.2 Å². The largest absolute Gasteiger partial charge is 0.439 e. The van der Waals surface area contributed by atoms with Gasteiger partial charge in [0.1, 0.15) is 0 Å². The van der Waals surface area contributed by atoms with Crippen molar-refractivity contribution in [2.75, 3.05) is 6.54 Å². The molecule has 1 aliphatic carbocycles. The molecule has 0 amide bonds. The average molecular weight is 403 g/mol. The van der Waals surface area contributed by atoms with Gasteiger partial charge in [0.15, 0.2) is 10.2 Å². The minimum absolute atomic E-state index is 0.0451. The van der Waals surface area contributed by atoms with Crippen molar-refractivity contribution >= 4 is 32.0 Å². The lowest BCUT2D eigenvalue weighted by molar-refractivity contribution is -0.0560. The normalized spacial score (nSPS) is 22.5. The first kappa shape index (κ1) is 22.2. The molecule has 146 valence electrons. The summed E-state index contributed by atoms with van der Waals surface area (Å²) in [6, 6.07) is -0.132. The number of nitrogens with one attached hydrogen (secondary N) is 4. The molecule has 0 aromatic rings. The first-order chi connectivity index (χ1) is 11.2. The van der Waals surface area contributed by atoms with Crippen molar-refractivity contribution in [2.24, 2.45) is 5.92 Å². The molecule has 0 saturated heterocycles. The van der Waals surface area contributed by atoms with E-state index in [1.54, 1.807) is 20.8 Å². The zero-order chi connectivity index (χ0) is 19.5. The summed E-state index contributed by atoms with van der Waals surface area (Å²) < 4.78 is 62.8. The Kier molecular flexibility index (Phi) is 7.34. The number of rotatable bonds is 4. The molecule has 0 heterocycles. The topological polar surface area (TPSA) is 106 Å². The van der Waals surface area contributed by atoms with Gasteiger partial charge >= 0.3 is 6.18 Å². The Hall–Kier alpha value is -0.810. The Balaban J connectivity index is 2.36. The number of halogens is 3. The first-order valence-electron chi connectivity index (χ1n) is 7.90. The maximum Gasteiger partial charge on any atom is 0.439 e. The molecule has 1 aliphatic rings. The van der Waals surface area contributed by atoms with E-state index in [0.717, 1.165) is 12.8 Å². The predicted molar refractivity (Wildman–Crippen MR) is 94.7 cm³/mol. The summed E-state index contributed by atoms with van der Waals surface area (Å²) in [4.78, 5) is 0. The lowest BCUT2D eigenvalue weighted by atomic mass is 9.86. The van der Waals surface area contributed by atoms with Crippen LogP contribution in [0.15, 0.2) is 0 Å². The Bertz CT molecular complexity index is 592. The van der Waals surface area contributed by atoms with Crippen molar-refractivity contribution in [3.05, 3.63) is 0 Å². The van der Waals surface area contributed by atoms with Crippen LogP contribution in [0.25, 0.3) is 0 Å². The highest BCUT2D eigenvalue weighted by atomic mass is 32.2. The van der Waals surface area contributed by atoms with Crippen LogP contribution in [0.5, 0.6) is 0 Å². The quantitative estimate of drug-likeness (QED) is 0.428. The van der Waals surface area contributed by atoms with E-state index in [2.05, 4.69) is 10.0 Å². The fourth-order valence-corrected chi connectivity index (χ4v) is 3.82. The predicted octanol–water partition coefficient (Wildman–Crippen LogP) is 3.06. The molecule has 0 radical (unpaired) electrons. The highest BCUT2D eigenvalue weighted by Crippen LogP contribution is 2.27. The summed E-state index contributed by atoms with van der Waals surface area (Å²) >= 11 is 0.0451. The molecule has 6 nitrogen and oxygen atoms in total. The molecule has 4 N–H and O–H groups in total. The number of hydrogen-bond donors (Lipinski definition) is 4. The van der Waals surface area contributed by atoms with E-state index in [-0.39, 0.29) is 23.7 Å². The van der Waals surface area contributed by atoms with Gasteiger partial charge < -0.3 is 5.32 Å². The third-order valence-electron chi connectivity index (χ3n) is 3.99. The van der Waals surface area contributed by atoms with Crippen molar-refractivity contribution < 1.29 is 21.6 Å². The molecule has 0 spiro atoms. The molecule has 0 unspecified atom stereocenters. The molecule has 0 bridgehead atoms. The standard InChI is InChI=1S/C14H25F3N4O2S2/c1-13(2,3)25(22,23)21-10-6-4-9(5-7-10)8-20-12(19)24-11(18)14(15,16)17/h9-10,18,21H,4-8H2,1-3H3,(H2,19,20). The smallest absolute Gasteiger partial charge is 0.365 e. The van der Waals surface area contributed by atoms with Gasteiger partial charge in [0.05, 0.1) is 4.75 Å². The second-order valence-electron chi connectivity index (χ2n) is 7.09. The number of alkyl halides is 3. The molecular formula is C14H25F3N4O2S2. The second-order valence-corrected chi connectivity index (χ2v) is 10.6. The van der Waals surface area contributed by atoms with E-state index < -0.39 is 31.2 Å². The zero-order valence-corrected chi connectivity index (χ0v) is 16.1. The highest BCUT2D eigenvalue weighted by molar-refractivity contribution is 8.26. The number of amidine groups is 1. The van der Waals surface area contributed by atoms with Gasteiger partial charge in [-0.1, -0.05) is 0 Å². The van der Waals surface area contributed by atoms with Crippen LogP contribution in [0.1, 0.15) is 46.5 Å². The first-order valence-corrected chi connectivity index (χ1v) is 10.2. The Morgan fingerprint density at radius 1 is 1.12 bits per heavy atom. The molecule has 1 saturated carbocycles. The van der Waals surface area contributed by atoms with Gasteiger partial charge in [-0.25, -0.2) is 13.1 Å². The van der Waals surface area contributed by atoms with Gasteiger partial charge in [0.2, 0.25) is 10.0 Å². The number of sulfonamides is 1. The third kappa shape index (κ3) is 7.14. The van der Waals surface area contributed by atoms with Crippen LogP contribution in [0.3, 0.4) is 0 Å². The molecule has 0 aliphatic heterocycles. The van der Waals surface area contributed by atoms with E-state index in [4.69, 9.17) is 10.8 Å². The van der Waals surface area contributed by atoms with Crippen molar-refractivity contribution in [3.8, 4) is 0 Å². The zero-order valence-electron chi connectivity index (χ0n) is 14.5. The Morgan fingerprint density at radius 2 is 1.64 bits per heavy atom. The summed E-state index contributed by atoms with van der Waals surface area (Å²) in [6.07, 6.45) is -1.99. The van der Waals surface area contributed by atoms with Crippen LogP contribution in [0.4, 0.5) is 13.2 Å². The highest BCUT2D eigenvalue weighted by Gasteiger charge is 2.36. The SMILES string of the molecule is CC(C)(C)S(=O)(=O)NC1CCC(CNC(=N)SC(=N)C(F)(F)F)CC1. The van der Waals surface area contributed by atoms with Crippen LogP contribution in [-0.4, -0.2) is 42.1 Å². The fraction of sp³-hybridized carbons (Fsp3) is 0.857. The molecule has 1 rings (SSSR count). The molecule has 0 aromatic carbocycles. The van der Waals surface area contributed by atoms with Crippen molar-refractivity contribution in [3.63, 3.8) is 0 Å². The molecule has 11 heteroatoms. The second kappa shape index (κ2) is 8.26. The van der Waals surface area contributed by atoms with Crippen LogP contribution in [0, 0.1) is 16.7 Å². The van der Waals surface area contributed by atoms with E-state index in [1.807, 2.05) is 0 Å². The summed E-state index contributed by atoms with van der Waals surface area (Å²) in [5.41, 5.74) is 0.